The summed E-state index contributed by atoms with van der Waals surface area (Å²) in [5, 5.41) is 8.93. The molecule has 1 N–H and O–H groups in total. The maximum atomic E-state index is 12.4. The highest BCUT2D eigenvalue weighted by Gasteiger charge is 2.22. The quantitative estimate of drug-likeness (QED) is 0.875. The number of hydrogen-bond donors (Lipinski definition) is 1. The molecule has 0 bridgehead atoms. The van der Waals surface area contributed by atoms with Crippen molar-refractivity contribution < 1.29 is 13.5 Å². The fraction of sp³-hybridized carbons (Fsp3) is 0.214. The van der Waals surface area contributed by atoms with Gasteiger partial charge in [0.25, 0.3) is 10.0 Å². The predicted octanol–water partition coefficient (Wildman–Crippen LogP) is 2.16. The molecule has 0 atom stereocenters. The average Bonchev–Trinajstić information content (AvgIpc) is 2.49. The molecule has 112 valence electrons. The number of benzene rings is 1. The Balaban J connectivity index is 2.19. The van der Waals surface area contributed by atoms with Crippen LogP contribution in [0.25, 0.3) is 0 Å². The van der Waals surface area contributed by atoms with E-state index < -0.39 is 10.0 Å². The van der Waals surface area contributed by atoms with E-state index in [0.717, 1.165) is 10.0 Å². The molecule has 0 aliphatic rings. The summed E-state index contributed by atoms with van der Waals surface area (Å²) in [6, 6.07) is 10.4. The van der Waals surface area contributed by atoms with Crippen LogP contribution in [0.4, 0.5) is 0 Å². The van der Waals surface area contributed by atoms with Crippen LogP contribution in [0.3, 0.4) is 0 Å². The number of aliphatic hydroxyl groups is 1. The molecule has 2 aromatic rings. The summed E-state index contributed by atoms with van der Waals surface area (Å²) in [6.45, 7) is 0.0983. The van der Waals surface area contributed by atoms with Gasteiger partial charge in [-0.25, -0.2) is 13.4 Å². The summed E-state index contributed by atoms with van der Waals surface area (Å²) in [4.78, 5) is 3.90. The molecule has 1 heterocycles. The highest BCUT2D eigenvalue weighted by Crippen LogP contribution is 2.17. The third-order valence-corrected chi connectivity index (χ3v) is 5.22. The van der Waals surface area contributed by atoms with Gasteiger partial charge < -0.3 is 5.11 Å². The normalized spacial score (nSPS) is 11.8. The first-order valence-corrected chi connectivity index (χ1v) is 8.43. The number of sulfonamides is 1. The highest BCUT2D eigenvalue weighted by molar-refractivity contribution is 9.10. The second-order valence-electron chi connectivity index (χ2n) is 4.55. The molecule has 1 aromatic heterocycles. The van der Waals surface area contributed by atoms with Crippen LogP contribution in [0.1, 0.15) is 11.1 Å². The van der Waals surface area contributed by atoms with Gasteiger partial charge in [0.05, 0.1) is 6.61 Å². The van der Waals surface area contributed by atoms with Gasteiger partial charge in [-0.1, -0.05) is 34.1 Å². The molecule has 0 spiro atoms. The number of rotatable bonds is 5. The molecule has 0 fully saturated rings. The zero-order valence-corrected chi connectivity index (χ0v) is 13.8. The number of pyridine rings is 1. The average molecular weight is 371 g/mol. The monoisotopic (exact) mass is 370 g/mol. The molecule has 5 nitrogen and oxygen atoms in total. The van der Waals surface area contributed by atoms with Crippen LogP contribution in [0, 0.1) is 0 Å². The molecule has 0 saturated heterocycles. The second-order valence-corrected chi connectivity index (χ2v) is 7.46. The second kappa shape index (κ2) is 6.65. The summed E-state index contributed by atoms with van der Waals surface area (Å²) in [7, 11) is -2.13. The van der Waals surface area contributed by atoms with Gasteiger partial charge in [-0.2, -0.15) is 4.31 Å². The largest absolute Gasteiger partial charge is 0.392 e. The summed E-state index contributed by atoms with van der Waals surface area (Å²) in [5.41, 5.74) is 1.46. The van der Waals surface area contributed by atoms with E-state index in [2.05, 4.69) is 20.9 Å². The van der Waals surface area contributed by atoms with Gasteiger partial charge >= 0.3 is 0 Å². The standard InChI is InChI=1S/C14H15BrN2O3S/c1-17(9-11-2-5-13(15)6-3-11)21(19,20)14-7-4-12(10-18)8-16-14/h2-8,18H,9-10H2,1H3. The zero-order chi connectivity index (χ0) is 15.5. The van der Waals surface area contributed by atoms with Gasteiger partial charge in [0.2, 0.25) is 0 Å². The SMILES string of the molecule is CN(Cc1ccc(Br)cc1)S(=O)(=O)c1ccc(CO)cn1. The first-order valence-electron chi connectivity index (χ1n) is 6.20. The Morgan fingerprint density at radius 3 is 2.29 bits per heavy atom. The van der Waals surface area contributed by atoms with Crippen molar-refractivity contribution in [1.29, 1.82) is 0 Å². The molecular formula is C14H15BrN2O3S. The van der Waals surface area contributed by atoms with Crippen molar-refractivity contribution in [2.75, 3.05) is 7.05 Å². The Kier molecular flexibility index (Phi) is 5.10. The van der Waals surface area contributed by atoms with E-state index in [1.165, 1.54) is 23.6 Å². The first kappa shape index (κ1) is 16.1. The highest BCUT2D eigenvalue weighted by atomic mass is 79.9. The Hall–Kier alpha value is -1.28. The molecular weight excluding hydrogens is 356 g/mol. The molecule has 21 heavy (non-hydrogen) atoms. The summed E-state index contributed by atoms with van der Waals surface area (Å²) in [5.74, 6) is 0. The summed E-state index contributed by atoms with van der Waals surface area (Å²) in [6.07, 6.45) is 1.36. The fourth-order valence-corrected chi connectivity index (χ4v) is 3.08. The minimum Gasteiger partial charge on any atom is -0.392 e. The van der Waals surface area contributed by atoms with Crippen molar-refractivity contribution in [2.24, 2.45) is 0 Å². The summed E-state index contributed by atoms with van der Waals surface area (Å²) >= 11 is 3.34. The Labute approximate surface area is 132 Å². The number of aliphatic hydroxyl groups excluding tert-OH is 1. The molecule has 2 rings (SSSR count). The fourth-order valence-electron chi connectivity index (χ4n) is 1.75. The molecule has 0 saturated carbocycles. The van der Waals surface area contributed by atoms with Crippen LogP contribution >= 0.6 is 15.9 Å². The van der Waals surface area contributed by atoms with Crippen LogP contribution in [0.5, 0.6) is 0 Å². The Morgan fingerprint density at radius 2 is 1.76 bits per heavy atom. The van der Waals surface area contributed by atoms with E-state index in [1.807, 2.05) is 24.3 Å². The van der Waals surface area contributed by atoms with E-state index in [-0.39, 0.29) is 18.2 Å². The minimum absolute atomic E-state index is 0.0284. The lowest BCUT2D eigenvalue weighted by Crippen LogP contribution is -2.27. The van der Waals surface area contributed by atoms with Crippen molar-refractivity contribution in [3.05, 3.63) is 58.2 Å². The van der Waals surface area contributed by atoms with Crippen molar-refractivity contribution in [1.82, 2.24) is 9.29 Å². The number of nitrogens with zero attached hydrogens (tertiary/aromatic N) is 2. The van der Waals surface area contributed by atoms with Gasteiger partial charge in [-0.3, -0.25) is 0 Å². The Bertz CT molecular complexity index is 700. The third-order valence-electron chi connectivity index (χ3n) is 2.97. The number of hydrogen-bond acceptors (Lipinski definition) is 4. The molecule has 0 amide bonds. The van der Waals surface area contributed by atoms with Gasteiger partial charge in [-0.05, 0) is 29.3 Å². The smallest absolute Gasteiger partial charge is 0.260 e. The molecule has 0 radical (unpaired) electrons. The van der Waals surface area contributed by atoms with Crippen LogP contribution in [0.2, 0.25) is 0 Å². The van der Waals surface area contributed by atoms with Gasteiger partial charge in [0.1, 0.15) is 0 Å². The lowest BCUT2D eigenvalue weighted by molar-refractivity contribution is 0.281. The lowest BCUT2D eigenvalue weighted by atomic mass is 10.2. The molecule has 0 aliphatic heterocycles. The first-order chi connectivity index (χ1) is 9.93. The molecule has 0 unspecified atom stereocenters. The van der Waals surface area contributed by atoms with Crippen molar-refractivity contribution in [2.45, 2.75) is 18.2 Å². The number of halogens is 1. The predicted molar refractivity (Wildman–Crippen MR) is 83.0 cm³/mol. The minimum atomic E-state index is -3.64. The van der Waals surface area contributed by atoms with Crippen LogP contribution < -0.4 is 0 Å². The van der Waals surface area contributed by atoms with Crippen molar-refractivity contribution in [3.8, 4) is 0 Å². The van der Waals surface area contributed by atoms with Crippen LogP contribution in [0.15, 0.2) is 52.1 Å². The Morgan fingerprint density at radius 1 is 1.14 bits per heavy atom. The van der Waals surface area contributed by atoms with Crippen LogP contribution in [-0.4, -0.2) is 29.9 Å². The molecule has 7 heteroatoms. The van der Waals surface area contributed by atoms with E-state index in [4.69, 9.17) is 5.11 Å². The van der Waals surface area contributed by atoms with Gasteiger partial charge in [-0.15, -0.1) is 0 Å². The lowest BCUT2D eigenvalue weighted by Gasteiger charge is -2.16. The molecule has 0 aliphatic carbocycles. The van der Waals surface area contributed by atoms with E-state index in [1.54, 1.807) is 6.07 Å². The van der Waals surface area contributed by atoms with Gasteiger partial charge in [0, 0.05) is 24.3 Å². The van der Waals surface area contributed by atoms with E-state index in [9.17, 15) is 8.42 Å². The zero-order valence-electron chi connectivity index (χ0n) is 11.4. The molecule has 1 aromatic carbocycles. The number of aromatic nitrogens is 1. The van der Waals surface area contributed by atoms with Crippen molar-refractivity contribution in [3.63, 3.8) is 0 Å². The van der Waals surface area contributed by atoms with E-state index >= 15 is 0 Å². The third kappa shape index (κ3) is 3.88. The van der Waals surface area contributed by atoms with Crippen LogP contribution in [-0.2, 0) is 23.2 Å². The van der Waals surface area contributed by atoms with Crippen molar-refractivity contribution >= 4 is 26.0 Å². The maximum Gasteiger partial charge on any atom is 0.260 e. The summed E-state index contributed by atoms with van der Waals surface area (Å²) < 4.78 is 27.0. The van der Waals surface area contributed by atoms with E-state index in [0.29, 0.717) is 5.56 Å². The maximum absolute atomic E-state index is 12.4. The van der Waals surface area contributed by atoms with Gasteiger partial charge in [0.15, 0.2) is 5.03 Å². The topological polar surface area (TPSA) is 70.5 Å².